The first kappa shape index (κ1) is 18.3. The summed E-state index contributed by atoms with van der Waals surface area (Å²) in [5, 5.41) is 9.77. The van der Waals surface area contributed by atoms with Crippen molar-refractivity contribution in [3.8, 4) is 0 Å². The van der Waals surface area contributed by atoms with Crippen molar-refractivity contribution in [1.82, 2.24) is 15.5 Å². The summed E-state index contributed by atoms with van der Waals surface area (Å²) in [6.45, 7) is 3.24. The Morgan fingerprint density at radius 2 is 1.74 bits per heavy atom. The predicted molar refractivity (Wildman–Crippen MR) is 114 cm³/mol. The number of piperidine rings is 1. The molecule has 1 saturated carbocycles. The molecule has 2 aromatic rings. The predicted octanol–water partition coefficient (Wildman–Crippen LogP) is 3.91. The Bertz CT molecular complexity index is 766. The quantitative estimate of drug-likeness (QED) is 0.638. The number of aliphatic imine (C=N–C) groups is 1. The van der Waals surface area contributed by atoms with E-state index < -0.39 is 0 Å². The molecule has 1 saturated heterocycles. The van der Waals surface area contributed by atoms with E-state index in [0.29, 0.717) is 6.04 Å². The summed E-state index contributed by atoms with van der Waals surface area (Å²) < 4.78 is 0. The highest BCUT2D eigenvalue weighted by atomic mass is 15.2. The van der Waals surface area contributed by atoms with Gasteiger partial charge in [-0.3, -0.25) is 4.99 Å². The van der Waals surface area contributed by atoms with Crippen LogP contribution in [0, 0.1) is 0 Å². The maximum atomic E-state index is 4.45. The zero-order valence-corrected chi connectivity index (χ0v) is 16.5. The summed E-state index contributed by atoms with van der Waals surface area (Å²) in [4.78, 5) is 7.17. The van der Waals surface area contributed by atoms with E-state index in [1.165, 1.54) is 68.0 Å². The molecule has 1 heterocycles. The van der Waals surface area contributed by atoms with Crippen molar-refractivity contribution in [2.24, 2.45) is 4.99 Å². The van der Waals surface area contributed by atoms with Gasteiger partial charge in [0.25, 0.3) is 0 Å². The summed E-state index contributed by atoms with van der Waals surface area (Å²) in [5.41, 5.74) is 1.31. The molecule has 2 fully saturated rings. The van der Waals surface area contributed by atoms with Crippen LogP contribution in [-0.4, -0.2) is 43.1 Å². The number of nitrogens with zero attached hydrogens (tertiary/aromatic N) is 2. The fourth-order valence-corrected chi connectivity index (χ4v) is 4.69. The number of guanidine groups is 1. The molecule has 0 unspecified atom stereocenters. The molecular weight excluding hydrogens is 332 g/mol. The number of hydrogen-bond donors (Lipinski definition) is 2. The minimum atomic E-state index is 0.529. The Morgan fingerprint density at radius 3 is 2.52 bits per heavy atom. The standard InChI is InChI=1S/C23H32N4/c1-24-23(25-17-19-9-6-8-18-7-2-5-12-22(18)19)26-20-13-15-27(16-14-20)21-10-3-4-11-21/h2,5-9,12,20-21H,3-4,10-11,13-17H2,1H3,(H2,24,25,26). The Hall–Kier alpha value is -2.07. The summed E-state index contributed by atoms with van der Waals surface area (Å²) in [7, 11) is 1.87. The maximum absolute atomic E-state index is 4.45. The molecule has 0 amide bonds. The molecule has 0 aromatic heterocycles. The number of benzene rings is 2. The average molecular weight is 365 g/mol. The third-order valence-corrected chi connectivity index (χ3v) is 6.26. The van der Waals surface area contributed by atoms with E-state index in [-0.39, 0.29) is 0 Å². The number of likely N-dealkylation sites (tertiary alicyclic amines) is 1. The smallest absolute Gasteiger partial charge is 0.191 e. The van der Waals surface area contributed by atoms with Crippen LogP contribution >= 0.6 is 0 Å². The van der Waals surface area contributed by atoms with Crippen LogP contribution in [0.1, 0.15) is 44.1 Å². The lowest BCUT2D eigenvalue weighted by molar-refractivity contribution is 0.150. The lowest BCUT2D eigenvalue weighted by atomic mass is 10.0. The minimum Gasteiger partial charge on any atom is -0.354 e. The fraction of sp³-hybridized carbons (Fsp3) is 0.522. The topological polar surface area (TPSA) is 39.7 Å². The number of fused-ring (bicyclic) bond motifs is 1. The lowest BCUT2D eigenvalue weighted by Gasteiger charge is -2.36. The first-order valence-electron chi connectivity index (χ1n) is 10.5. The van der Waals surface area contributed by atoms with Gasteiger partial charge in [-0.15, -0.1) is 0 Å². The highest BCUT2D eigenvalue weighted by Gasteiger charge is 2.27. The van der Waals surface area contributed by atoms with Crippen molar-refractivity contribution >= 4 is 16.7 Å². The average Bonchev–Trinajstić information content (AvgIpc) is 3.26. The van der Waals surface area contributed by atoms with Crippen molar-refractivity contribution in [3.63, 3.8) is 0 Å². The molecule has 1 aliphatic carbocycles. The molecule has 4 heteroatoms. The van der Waals surface area contributed by atoms with Crippen LogP contribution in [0.15, 0.2) is 47.5 Å². The van der Waals surface area contributed by atoms with Crippen molar-refractivity contribution in [1.29, 1.82) is 0 Å². The van der Waals surface area contributed by atoms with Crippen molar-refractivity contribution < 1.29 is 0 Å². The van der Waals surface area contributed by atoms with Crippen LogP contribution in [-0.2, 0) is 6.54 Å². The van der Waals surface area contributed by atoms with E-state index in [9.17, 15) is 0 Å². The highest BCUT2D eigenvalue weighted by Crippen LogP contribution is 2.26. The highest BCUT2D eigenvalue weighted by molar-refractivity contribution is 5.86. The molecule has 4 nitrogen and oxygen atoms in total. The normalized spacial score (nSPS) is 20.3. The minimum absolute atomic E-state index is 0.529. The van der Waals surface area contributed by atoms with E-state index in [0.717, 1.165) is 18.5 Å². The summed E-state index contributed by atoms with van der Waals surface area (Å²) in [5.74, 6) is 0.919. The van der Waals surface area contributed by atoms with Gasteiger partial charge in [0.2, 0.25) is 0 Å². The van der Waals surface area contributed by atoms with Gasteiger partial charge in [-0.05, 0) is 42.0 Å². The molecule has 2 aliphatic rings. The van der Waals surface area contributed by atoms with E-state index in [2.05, 4.69) is 63.0 Å². The fourth-order valence-electron chi connectivity index (χ4n) is 4.69. The third-order valence-electron chi connectivity index (χ3n) is 6.26. The van der Waals surface area contributed by atoms with Crippen LogP contribution in [0.3, 0.4) is 0 Å². The van der Waals surface area contributed by atoms with E-state index in [1.54, 1.807) is 0 Å². The second-order valence-electron chi connectivity index (χ2n) is 7.96. The van der Waals surface area contributed by atoms with E-state index in [4.69, 9.17) is 0 Å². The summed E-state index contributed by atoms with van der Waals surface area (Å²) in [6, 6.07) is 16.5. The SMILES string of the molecule is CN=C(NCc1cccc2ccccc12)NC1CCN(C2CCCC2)CC1. The Labute approximate surface area is 163 Å². The molecule has 4 rings (SSSR count). The van der Waals surface area contributed by atoms with Gasteiger partial charge in [-0.1, -0.05) is 55.3 Å². The molecular formula is C23H32N4. The van der Waals surface area contributed by atoms with Crippen molar-refractivity contribution in [2.75, 3.05) is 20.1 Å². The van der Waals surface area contributed by atoms with Gasteiger partial charge in [0.1, 0.15) is 0 Å². The van der Waals surface area contributed by atoms with Crippen LogP contribution in [0.25, 0.3) is 10.8 Å². The monoisotopic (exact) mass is 364 g/mol. The molecule has 0 radical (unpaired) electrons. The summed E-state index contributed by atoms with van der Waals surface area (Å²) in [6.07, 6.45) is 8.09. The van der Waals surface area contributed by atoms with Gasteiger partial charge < -0.3 is 15.5 Å². The number of hydrogen-bond acceptors (Lipinski definition) is 2. The van der Waals surface area contributed by atoms with Crippen LogP contribution in [0.5, 0.6) is 0 Å². The third kappa shape index (κ3) is 4.44. The maximum Gasteiger partial charge on any atom is 0.191 e. The Morgan fingerprint density at radius 1 is 1.00 bits per heavy atom. The molecule has 1 aliphatic heterocycles. The van der Waals surface area contributed by atoms with E-state index >= 15 is 0 Å². The molecule has 27 heavy (non-hydrogen) atoms. The zero-order chi connectivity index (χ0) is 18.5. The van der Waals surface area contributed by atoms with Gasteiger partial charge in [0.15, 0.2) is 5.96 Å². The first-order valence-corrected chi connectivity index (χ1v) is 10.5. The van der Waals surface area contributed by atoms with Gasteiger partial charge in [0.05, 0.1) is 0 Å². The van der Waals surface area contributed by atoms with Crippen LogP contribution < -0.4 is 10.6 Å². The molecule has 0 atom stereocenters. The van der Waals surface area contributed by atoms with Crippen LogP contribution in [0.4, 0.5) is 0 Å². The van der Waals surface area contributed by atoms with Gasteiger partial charge >= 0.3 is 0 Å². The van der Waals surface area contributed by atoms with Crippen molar-refractivity contribution in [2.45, 2.75) is 57.2 Å². The second-order valence-corrected chi connectivity index (χ2v) is 7.96. The second kappa shape index (κ2) is 8.75. The van der Waals surface area contributed by atoms with Gasteiger partial charge in [-0.25, -0.2) is 0 Å². The largest absolute Gasteiger partial charge is 0.354 e. The summed E-state index contributed by atoms with van der Waals surface area (Å²) >= 11 is 0. The van der Waals surface area contributed by atoms with Crippen molar-refractivity contribution in [3.05, 3.63) is 48.0 Å². The Kier molecular flexibility index (Phi) is 5.93. The molecule has 2 N–H and O–H groups in total. The molecule has 0 bridgehead atoms. The number of nitrogens with one attached hydrogen (secondary N) is 2. The first-order chi connectivity index (χ1) is 13.3. The molecule has 2 aromatic carbocycles. The van der Waals surface area contributed by atoms with Gasteiger partial charge in [-0.2, -0.15) is 0 Å². The Balaban J connectivity index is 1.30. The van der Waals surface area contributed by atoms with E-state index in [1.807, 2.05) is 7.05 Å². The van der Waals surface area contributed by atoms with Gasteiger partial charge in [0, 0.05) is 38.8 Å². The molecule has 144 valence electrons. The number of rotatable bonds is 4. The lowest BCUT2D eigenvalue weighted by Crippen LogP contribution is -2.50. The van der Waals surface area contributed by atoms with Crippen LogP contribution in [0.2, 0.25) is 0 Å². The molecule has 0 spiro atoms. The zero-order valence-electron chi connectivity index (χ0n) is 16.5.